The van der Waals surface area contributed by atoms with Gasteiger partial charge < -0.3 is 10.1 Å². The highest BCUT2D eigenvalue weighted by Gasteiger charge is 2.31. The van der Waals surface area contributed by atoms with E-state index in [0.717, 1.165) is 12.7 Å². The minimum Gasteiger partial charge on any atom is -0.478 e. The Labute approximate surface area is 141 Å². The topological polar surface area (TPSA) is 75.7 Å². The summed E-state index contributed by atoms with van der Waals surface area (Å²) in [5.74, 6) is 0.0947. The van der Waals surface area contributed by atoms with Gasteiger partial charge in [0.2, 0.25) is 10.0 Å². The van der Waals surface area contributed by atoms with Crippen LogP contribution in [0.1, 0.15) is 26.7 Å². The van der Waals surface area contributed by atoms with Crippen molar-refractivity contribution in [3.63, 3.8) is 0 Å². The number of carbonyl (C=O) groups is 1. The normalized spacial score (nSPS) is 19.3. The van der Waals surface area contributed by atoms with Crippen molar-refractivity contribution in [2.45, 2.75) is 38.8 Å². The number of hydrogen-bond donors (Lipinski definition) is 1. The number of amides is 1. The SMILES string of the molecule is CCC(C)NC(=O)C1CCN(S(C)(=O)=O)c2cc(Cl)ccc2O1. The van der Waals surface area contributed by atoms with Crippen molar-refractivity contribution in [1.82, 2.24) is 5.32 Å². The molecule has 8 heteroatoms. The average Bonchev–Trinajstić information content (AvgIpc) is 2.65. The van der Waals surface area contributed by atoms with Crippen molar-refractivity contribution in [3.05, 3.63) is 23.2 Å². The van der Waals surface area contributed by atoms with Crippen LogP contribution in [0.4, 0.5) is 5.69 Å². The molecule has 0 fully saturated rings. The van der Waals surface area contributed by atoms with E-state index in [1.807, 2.05) is 13.8 Å². The molecule has 0 radical (unpaired) electrons. The van der Waals surface area contributed by atoms with Crippen molar-refractivity contribution in [2.75, 3.05) is 17.1 Å². The van der Waals surface area contributed by atoms with Crippen LogP contribution >= 0.6 is 11.6 Å². The summed E-state index contributed by atoms with van der Waals surface area (Å²) in [5.41, 5.74) is 0.360. The number of rotatable bonds is 4. The third-order valence-corrected chi connectivity index (χ3v) is 5.16. The van der Waals surface area contributed by atoms with E-state index in [-0.39, 0.29) is 24.9 Å². The van der Waals surface area contributed by atoms with E-state index in [1.54, 1.807) is 12.1 Å². The molecule has 1 N–H and O–H groups in total. The molecule has 128 valence electrons. The molecule has 1 aromatic carbocycles. The molecule has 1 aromatic rings. The molecular weight excluding hydrogens is 340 g/mol. The molecule has 1 heterocycles. The smallest absolute Gasteiger partial charge is 0.261 e. The number of ether oxygens (including phenoxy) is 1. The van der Waals surface area contributed by atoms with E-state index < -0.39 is 16.1 Å². The van der Waals surface area contributed by atoms with Gasteiger partial charge in [0.15, 0.2) is 6.10 Å². The van der Waals surface area contributed by atoms with E-state index >= 15 is 0 Å². The lowest BCUT2D eigenvalue weighted by Gasteiger charge is -2.21. The predicted octanol–water partition coefficient (Wildman–Crippen LogP) is 2.17. The Bertz CT molecular complexity index is 693. The molecular formula is C15H21ClN2O4S. The maximum absolute atomic E-state index is 12.3. The number of carbonyl (C=O) groups excluding carboxylic acids is 1. The van der Waals surface area contributed by atoms with Crippen LogP contribution < -0.4 is 14.4 Å². The first kappa shape index (κ1) is 17.9. The third-order valence-electron chi connectivity index (χ3n) is 3.75. The highest BCUT2D eigenvalue weighted by molar-refractivity contribution is 7.92. The van der Waals surface area contributed by atoms with Gasteiger partial charge >= 0.3 is 0 Å². The zero-order valence-electron chi connectivity index (χ0n) is 13.4. The van der Waals surface area contributed by atoms with Crippen LogP contribution in [0.5, 0.6) is 5.75 Å². The lowest BCUT2D eigenvalue weighted by Crippen LogP contribution is -2.43. The van der Waals surface area contributed by atoms with Gasteiger partial charge in [-0.1, -0.05) is 18.5 Å². The molecule has 2 unspecified atom stereocenters. The van der Waals surface area contributed by atoms with Gasteiger partial charge in [0.1, 0.15) is 5.75 Å². The maximum atomic E-state index is 12.3. The van der Waals surface area contributed by atoms with Crippen LogP contribution in [0, 0.1) is 0 Å². The first-order chi connectivity index (χ1) is 10.7. The third kappa shape index (κ3) is 4.29. The monoisotopic (exact) mass is 360 g/mol. The number of anilines is 1. The van der Waals surface area contributed by atoms with Crippen molar-refractivity contribution in [3.8, 4) is 5.75 Å². The summed E-state index contributed by atoms with van der Waals surface area (Å²) in [5, 5.41) is 3.27. The standard InChI is InChI=1S/C15H21ClN2O4S/c1-4-10(2)17-15(19)14-7-8-18(23(3,20)21)12-9-11(16)5-6-13(12)22-14/h5-6,9-10,14H,4,7-8H2,1-3H3,(H,17,19). The Balaban J connectivity index is 2.33. The molecule has 0 saturated heterocycles. The Kier molecular flexibility index (Phi) is 5.41. The minimum atomic E-state index is -3.49. The van der Waals surface area contributed by atoms with Gasteiger partial charge in [0.25, 0.3) is 5.91 Å². The van der Waals surface area contributed by atoms with Crippen LogP contribution in [0.3, 0.4) is 0 Å². The zero-order chi connectivity index (χ0) is 17.2. The largest absolute Gasteiger partial charge is 0.478 e. The first-order valence-electron chi connectivity index (χ1n) is 7.46. The number of halogens is 1. The van der Waals surface area contributed by atoms with Crippen molar-refractivity contribution < 1.29 is 17.9 Å². The zero-order valence-corrected chi connectivity index (χ0v) is 14.9. The van der Waals surface area contributed by atoms with Gasteiger partial charge in [0, 0.05) is 24.0 Å². The molecule has 1 amide bonds. The van der Waals surface area contributed by atoms with Crippen LogP contribution in [0.15, 0.2) is 18.2 Å². The number of nitrogens with one attached hydrogen (secondary N) is 1. The maximum Gasteiger partial charge on any atom is 0.261 e. The number of hydrogen-bond acceptors (Lipinski definition) is 4. The molecule has 1 aliphatic rings. The lowest BCUT2D eigenvalue weighted by atomic mass is 10.2. The molecule has 0 saturated carbocycles. The Morgan fingerprint density at radius 1 is 1.52 bits per heavy atom. The van der Waals surface area contributed by atoms with E-state index in [4.69, 9.17) is 16.3 Å². The molecule has 1 aliphatic heterocycles. The number of nitrogens with zero attached hydrogens (tertiary/aromatic N) is 1. The van der Waals surface area contributed by atoms with Crippen molar-refractivity contribution >= 4 is 33.2 Å². The van der Waals surface area contributed by atoms with Crippen LogP contribution in [0.25, 0.3) is 0 Å². The quantitative estimate of drug-likeness (QED) is 0.892. The summed E-state index contributed by atoms with van der Waals surface area (Å²) in [4.78, 5) is 12.3. The van der Waals surface area contributed by atoms with Gasteiger partial charge in [0.05, 0.1) is 11.9 Å². The number of sulfonamides is 1. The second-order valence-electron chi connectivity index (χ2n) is 5.66. The predicted molar refractivity (Wildman–Crippen MR) is 90.6 cm³/mol. The first-order valence-corrected chi connectivity index (χ1v) is 9.69. The van der Waals surface area contributed by atoms with Gasteiger partial charge in [-0.05, 0) is 31.5 Å². The summed E-state index contributed by atoms with van der Waals surface area (Å²) >= 11 is 5.98. The second-order valence-corrected chi connectivity index (χ2v) is 8.00. The van der Waals surface area contributed by atoms with Crippen molar-refractivity contribution in [2.24, 2.45) is 0 Å². The molecule has 6 nitrogen and oxygen atoms in total. The van der Waals surface area contributed by atoms with E-state index in [1.165, 1.54) is 10.4 Å². The van der Waals surface area contributed by atoms with Gasteiger partial charge in [-0.3, -0.25) is 9.10 Å². The van der Waals surface area contributed by atoms with Gasteiger partial charge in [-0.2, -0.15) is 0 Å². The summed E-state index contributed by atoms with van der Waals surface area (Å²) < 4.78 is 31.1. The molecule has 0 spiro atoms. The fourth-order valence-corrected chi connectivity index (χ4v) is 3.42. The Morgan fingerprint density at radius 3 is 2.83 bits per heavy atom. The molecule has 23 heavy (non-hydrogen) atoms. The van der Waals surface area contributed by atoms with Crippen LogP contribution in [-0.2, 0) is 14.8 Å². The number of fused-ring (bicyclic) bond motifs is 1. The second kappa shape index (κ2) is 6.97. The summed E-state index contributed by atoms with van der Waals surface area (Å²) in [6, 6.07) is 4.76. The van der Waals surface area contributed by atoms with Gasteiger partial charge in [-0.25, -0.2) is 8.42 Å². The number of benzene rings is 1. The summed E-state index contributed by atoms with van der Waals surface area (Å²) in [7, 11) is -3.49. The molecule has 2 atom stereocenters. The minimum absolute atomic E-state index is 0.0325. The fraction of sp³-hybridized carbons (Fsp3) is 0.533. The van der Waals surface area contributed by atoms with E-state index in [9.17, 15) is 13.2 Å². The van der Waals surface area contributed by atoms with Crippen LogP contribution in [0.2, 0.25) is 5.02 Å². The van der Waals surface area contributed by atoms with Crippen LogP contribution in [-0.4, -0.2) is 39.3 Å². The lowest BCUT2D eigenvalue weighted by molar-refractivity contribution is -0.128. The molecule has 2 rings (SSSR count). The molecule has 0 aliphatic carbocycles. The summed E-state index contributed by atoms with van der Waals surface area (Å²) in [6.07, 6.45) is 1.45. The van der Waals surface area contributed by atoms with Gasteiger partial charge in [-0.15, -0.1) is 0 Å². The molecule has 0 bridgehead atoms. The highest BCUT2D eigenvalue weighted by Crippen LogP contribution is 2.36. The molecule has 0 aromatic heterocycles. The summed E-state index contributed by atoms with van der Waals surface area (Å²) in [6.45, 7) is 4.04. The fourth-order valence-electron chi connectivity index (χ4n) is 2.32. The Morgan fingerprint density at radius 2 is 2.22 bits per heavy atom. The Hall–Kier alpha value is -1.47. The van der Waals surface area contributed by atoms with Crippen molar-refractivity contribution in [1.29, 1.82) is 0 Å². The van der Waals surface area contributed by atoms with E-state index in [0.29, 0.717) is 16.5 Å². The average molecular weight is 361 g/mol. The van der Waals surface area contributed by atoms with E-state index in [2.05, 4.69) is 5.32 Å². The highest BCUT2D eigenvalue weighted by atomic mass is 35.5.